The molecule has 0 saturated carbocycles. The zero-order valence-electron chi connectivity index (χ0n) is 18.8. The molecule has 8 nitrogen and oxygen atoms in total. The number of nitrogens with one attached hydrogen (secondary N) is 1. The zero-order valence-corrected chi connectivity index (χ0v) is 19.6. The van der Waals surface area contributed by atoms with Gasteiger partial charge in [-0.1, -0.05) is 29.8 Å². The lowest BCUT2D eigenvalue weighted by Crippen LogP contribution is -2.40. The van der Waals surface area contributed by atoms with Crippen LogP contribution in [-0.4, -0.2) is 59.0 Å². The molecule has 176 valence electrons. The highest BCUT2D eigenvalue weighted by molar-refractivity contribution is 8.18. The number of anilines is 1. The van der Waals surface area contributed by atoms with Crippen LogP contribution in [0.1, 0.15) is 24.0 Å². The molecule has 2 aromatic carbocycles. The highest BCUT2D eigenvalue weighted by Crippen LogP contribution is 2.32. The number of ether oxygens (including phenoxy) is 1. The molecule has 2 heterocycles. The number of likely N-dealkylation sites (tertiary alicyclic amines) is 1. The Morgan fingerprint density at radius 1 is 1.03 bits per heavy atom. The van der Waals surface area contributed by atoms with Gasteiger partial charge in [0.05, 0.1) is 4.91 Å². The van der Waals surface area contributed by atoms with E-state index in [0.29, 0.717) is 30.1 Å². The first-order chi connectivity index (χ1) is 16.4. The summed E-state index contributed by atoms with van der Waals surface area (Å²) in [6.07, 6.45) is 3.51. The minimum atomic E-state index is -0.462. The lowest BCUT2D eigenvalue weighted by molar-refractivity contribution is -0.135. The summed E-state index contributed by atoms with van der Waals surface area (Å²) >= 11 is 0.825. The van der Waals surface area contributed by atoms with Crippen LogP contribution in [0, 0.1) is 6.92 Å². The maximum atomic E-state index is 12.7. The fourth-order valence-electron chi connectivity index (χ4n) is 3.63. The summed E-state index contributed by atoms with van der Waals surface area (Å²) in [5, 5.41) is 2.32. The molecule has 0 bridgehead atoms. The maximum absolute atomic E-state index is 12.7. The SMILES string of the molecule is Cc1ccc(NC(=O)COc2ccc(/C=C3\SC(=O)N(CC(=O)N4CCCC4)C3=O)cc2)cc1. The molecule has 34 heavy (non-hydrogen) atoms. The Bertz CT molecular complexity index is 1120. The van der Waals surface area contributed by atoms with Crippen LogP contribution in [-0.2, 0) is 14.4 Å². The van der Waals surface area contributed by atoms with Crippen LogP contribution in [0.5, 0.6) is 5.75 Å². The smallest absolute Gasteiger partial charge is 0.294 e. The van der Waals surface area contributed by atoms with E-state index in [1.54, 1.807) is 35.2 Å². The monoisotopic (exact) mass is 479 g/mol. The standard InChI is InChI=1S/C25H25N3O5S/c1-17-4-8-19(9-5-17)26-22(29)16-33-20-10-6-18(7-11-20)14-21-24(31)28(25(32)34-21)15-23(30)27-12-2-3-13-27/h4-11,14H,2-3,12-13,15-16H2,1H3,(H,26,29)/b21-14-. The third kappa shape index (κ3) is 5.85. The number of hydrogen-bond donors (Lipinski definition) is 1. The first-order valence-corrected chi connectivity index (χ1v) is 11.8. The molecule has 4 amide bonds. The Hall–Kier alpha value is -3.59. The number of carbonyl (C=O) groups excluding carboxylic acids is 4. The van der Waals surface area contributed by atoms with Crippen molar-refractivity contribution in [3.63, 3.8) is 0 Å². The largest absolute Gasteiger partial charge is 0.484 e. The van der Waals surface area contributed by atoms with Crippen molar-refractivity contribution in [3.8, 4) is 5.75 Å². The molecule has 2 saturated heterocycles. The highest BCUT2D eigenvalue weighted by Gasteiger charge is 2.37. The Balaban J connectivity index is 1.30. The number of rotatable bonds is 7. The van der Waals surface area contributed by atoms with Gasteiger partial charge < -0.3 is 15.0 Å². The minimum absolute atomic E-state index is 0.142. The Morgan fingerprint density at radius 3 is 2.38 bits per heavy atom. The summed E-state index contributed by atoms with van der Waals surface area (Å²) < 4.78 is 5.53. The summed E-state index contributed by atoms with van der Waals surface area (Å²) in [4.78, 5) is 52.3. The van der Waals surface area contributed by atoms with E-state index in [2.05, 4.69) is 5.32 Å². The van der Waals surface area contributed by atoms with E-state index in [1.165, 1.54) is 0 Å². The molecular formula is C25H25N3O5S. The molecule has 0 atom stereocenters. The van der Waals surface area contributed by atoms with Gasteiger partial charge in [-0.25, -0.2) is 0 Å². The van der Waals surface area contributed by atoms with Crippen LogP contribution >= 0.6 is 11.8 Å². The summed E-state index contributed by atoms with van der Waals surface area (Å²) in [5.74, 6) is -0.435. The Morgan fingerprint density at radius 2 is 1.71 bits per heavy atom. The number of imide groups is 1. The number of amides is 4. The summed E-state index contributed by atoms with van der Waals surface area (Å²) in [6, 6.07) is 14.3. The van der Waals surface area contributed by atoms with E-state index in [4.69, 9.17) is 4.74 Å². The van der Waals surface area contributed by atoms with Gasteiger partial charge in [0.2, 0.25) is 5.91 Å². The van der Waals surface area contributed by atoms with Crippen molar-refractivity contribution in [2.45, 2.75) is 19.8 Å². The summed E-state index contributed by atoms with van der Waals surface area (Å²) in [6.45, 7) is 2.95. The van der Waals surface area contributed by atoms with Gasteiger partial charge in [0.15, 0.2) is 6.61 Å². The second-order valence-corrected chi connectivity index (χ2v) is 9.12. The average molecular weight is 480 g/mol. The number of hydrogen-bond acceptors (Lipinski definition) is 6. The topological polar surface area (TPSA) is 96.0 Å². The molecule has 9 heteroatoms. The molecule has 2 aliphatic heterocycles. The molecule has 0 aromatic heterocycles. The second-order valence-electron chi connectivity index (χ2n) is 8.13. The van der Waals surface area contributed by atoms with Gasteiger partial charge in [-0.05, 0) is 67.4 Å². The van der Waals surface area contributed by atoms with Crippen LogP contribution in [0.15, 0.2) is 53.4 Å². The van der Waals surface area contributed by atoms with Crippen LogP contribution in [0.2, 0.25) is 0 Å². The zero-order chi connectivity index (χ0) is 24.1. The lowest BCUT2D eigenvalue weighted by Gasteiger charge is -2.18. The first-order valence-electron chi connectivity index (χ1n) is 11.0. The number of nitrogens with zero attached hydrogens (tertiary/aromatic N) is 2. The molecule has 2 aliphatic rings. The van der Waals surface area contributed by atoms with Crippen molar-refractivity contribution in [2.24, 2.45) is 0 Å². The fraction of sp³-hybridized carbons (Fsp3) is 0.280. The molecule has 0 radical (unpaired) electrons. The predicted molar refractivity (Wildman–Crippen MR) is 130 cm³/mol. The van der Waals surface area contributed by atoms with Crippen molar-refractivity contribution in [3.05, 3.63) is 64.6 Å². The fourth-order valence-corrected chi connectivity index (χ4v) is 4.47. The van der Waals surface area contributed by atoms with E-state index in [-0.39, 0.29) is 29.9 Å². The molecule has 0 spiro atoms. The Kier molecular flexibility index (Phi) is 7.32. The molecule has 0 aliphatic carbocycles. The van der Waals surface area contributed by atoms with Crippen molar-refractivity contribution in [1.29, 1.82) is 0 Å². The molecule has 0 unspecified atom stereocenters. The normalized spacial score (nSPS) is 16.9. The van der Waals surface area contributed by atoms with Gasteiger partial charge >= 0.3 is 0 Å². The summed E-state index contributed by atoms with van der Waals surface area (Å²) in [7, 11) is 0. The predicted octanol–water partition coefficient (Wildman–Crippen LogP) is 3.67. The van der Waals surface area contributed by atoms with Crippen LogP contribution in [0.4, 0.5) is 10.5 Å². The van der Waals surface area contributed by atoms with Crippen molar-refractivity contribution >= 4 is 46.5 Å². The van der Waals surface area contributed by atoms with E-state index in [0.717, 1.165) is 35.1 Å². The minimum Gasteiger partial charge on any atom is -0.484 e. The molecular weight excluding hydrogens is 454 g/mol. The van der Waals surface area contributed by atoms with Gasteiger partial charge in [0, 0.05) is 18.8 Å². The molecule has 2 fully saturated rings. The maximum Gasteiger partial charge on any atom is 0.294 e. The average Bonchev–Trinajstić information content (AvgIpc) is 3.45. The van der Waals surface area contributed by atoms with Crippen molar-refractivity contribution in [2.75, 3.05) is 31.6 Å². The Labute approximate surface area is 201 Å². The van der Waals surface area contributed by atoms with Gasteiger partial charge in [0.25, 0.3) is 17.1 Å². The molecule has 1 N–H and O–H groups in total. The second kappa shape index (κ2) is 10.6. The van der Waals surface area contributed by atoms with Gasteiger partial charge in [-0.15, -0.1) is 0 Å². The number of carbonyl (C=O) groups is 4. The lowest BCUT2D eigenvalue weighted by atomic mass is 10.2. The van der Waals surface area contributed by atoms with Crippen molar-refractivity contribution in [1.82, 2.24) is 9.80 Å². The van der Waals surface area contributed by atoms with Crippen LogP contribution < -0.4 is 10.1 Å². The van der Waals surface area contributed by atoms with E-state index < -0.39 is 11.1 Å². The van der Waals surface area contributed by atoms with Crippen LogP contribution in [0.3, 0.4) is 0 Å². The number of thioether (sulfide) groups is 1. The molecule has 4 rings (SSSR count). The van der Waals surface area contributed by atoms with Crippen molar-refractivity contribution < 1.29 is 23.9 Å². The highest BCUT2D eigenvalue weighted by atomic mass is 32.2. The van der Waals surface area contributed by atoms with Gasteiger partial charge in [-0.3, -0.25) is 24.1 Å². The third-order valence-electron chi connectivity index (χ3n) is 5.51. The first kappa shape index (κ1) is 23.6. The van der Waals surface area contributed by atoms with Gasteiger partial charge in [0.1, 0.15) is 12.3 Å². The molecule has 2 aromatic rings. The number of aryl methyl sites for hydroxylation is 1. The van der Waals surface area contributed by atoms with Gasteiger partial charge in [-0.2, -0.15) is 0 Å². The van der Waals surface area contributed by atoms with E-state index >= 15 is 0 Å². The summed E-state index contributed by atoms with van der Waals surface area (Å²) in [5.41, 5.74) is 2.51. The van der Waals surface area contributed by atoms with Crippen LogP contribution in [0.25, 0.3) is 6.08 Å². The quantitative estimate of drug-likeness (QED) is 0.609. The van der Waals surface area contributed by atoms with E-state index in [1.807, 2.05) is 31.2 Å². The third-order valence-corrected chi connectivity index (χ3v) is 6.42. The number of benzene rings is 2. The van der Waals surface area contributed by atoms with E-state index in [9.17, 15) is 19.2 Å².